The maximum Gasteiger partial charge on any atom is 0.287 e. The minimum absolute atomic E-state index is 0.00183. The fourth-order valence-corrected chi connectivity index (χ4v) is 2.15. The van der Waals surface area contributed by atoms with Crippen LogP contribution in [-0.2, 0) is 0 Å². The Hall–Kier alpha value is -1.89. The molecule has 0 fully saturated rings. The summed E-state index contributed by atoms with van der Waals surface area (Å²) < 4.78 is 1.62. The van der Waals surface area contributed by atoms with Gasteiger partial charge in [-0.15, -0.1) is 0 Å². The lowest BCUT2D eigenvalue weighted by atomic mass is 10.2. The summed E-state index contributed by atoms with van der Waals surface area (Å²) in [5.74, 6) is -0.250. The zero-order valence-corrected chi connectivity index (χ0v) is 12.9. The van der Waals surface area contributed by atoms with Crippen molar-refractivity contribution in [1.29, 1.82) is 0 Å². The van der Waals surface area contributed by atoms with Gasteiger partial charge in [0.15, 0.2) is 0 Å². The Morgan fingerprint density at radius 3 is 2.48 bits per heavy atom. The quantitative estimate of drug-likeness (QED) is 0.617. The average molecular weight is 297 g/mol. The van der Waals surface area contributed by atoms with Gasteiger partial charge in [0.05, 0.1) is 11.1 Å². The molecule has 0 saturated heterocycles. The summed E-state index contributed by atoms with van der Waals surface area (Å²) in [6.07, 6.45) is 1.87. The topological polar surface area (TPSA) is 88.6 Å². The Morgan fingerprint density at radius 1 is 1.43 bits per heavy atom. The van der Waals surface area contributed by atoms with Crippen molar-refractivity contribution >= 4 is 11.6 Å². The van der Waals surface area contributed by atoms with E-state index in [1.54, 1.807) is 9.47 Å². The maximum absolute atomic E-state index is 12.7. The number of aliphatic hydroxyl groups excluding tert-OH is 1. The molecule has 1 heterocycles. The van der Waals surface area contributed by atoms with Crippen molar-refractivity contribution in [2.75, 3.05) is 13.2 Å². The van der Waals surface area contributed by atoms with Gasteiger partial charge >= 0.3 is 0 Å². The molecule has 21 heavy (non-hydrogen) atoms. The number of hydrogen-bond acceptors (Lipinski definition) is 4. The van der Waals surface area contributed by atoms with Crippen LogP contribution in [-0.4, -0.2) is 44.6 Å². The van der Waals surface area contributed by atoms with Gasteiger partial charge in [0.1, 0.15) is 5.69 Å². The SMILES string of the molecule is CC(C)N(CCCO)C(=O)c1cc([N+](=O)[O-])cn1C(C)C. The van der Waals surface area contributed by atoms with Crippen LogP contribution in [0.2, 0.25) is 0 Å². The van der Waals surface area contributed by atoms with Crippen LogP contribution in [0.3, 0.4) is 0 Å². The number of aliphatic hydroxyl groups is 1. The predicted octanol–water partition coefficient (Wildman–Crippen LogP) is 2.21. The van der Waals surface area contributed by atoms with E-state index in [-0.39, 0.29) is 30.3 Å². The number of carbonyl (C=O) groups excluding carboxylic acids is 1. The molecule has 118 valence electrons. The van der Waals surface area contributed by atoms with Crippen LogP contribution < -0.4 is 0 Å². The zero-order chi connectivity index (χ0) is 16.2. The first-order valence-corrected chi connectivity index (χ1v) is 7.07. The van der Waals surface area contributed by atoms with E-state index in [1.165, 1.54) is 12.3 Å². The summed E-state index contributed by atoms with van der Waals surface area (Å²) in [4.78, 5) is 24.7. The first-order chi connectivity index (χ1) is 9.79. The van der Waals surface area contributed by atoms with Gasteiger partial charge in [-0.25, -0.2) is 0 Å². The van der Waals surface area contributed by atoms with Gasteiger partial charge in [-0.3, -0.25) is 14.9 Å². The second-order valence-corrected chi connectivity index (χ2v) is 5.51. The number of amides is 1. The summed E-state index contributed by atoms with van der Waals surface area (Å²) >= 11 is 0. The molecule has 1 amide bonds. The van der Waals surface area contributed by atoms with E-state index in [2.05, 4.69) is 0 Å². The number of nitro groups is 1. The molecule has 0 spiro atoms. The van der Waals surface area contributed by atoms with E-state index in [0.29, 0.717) is 18.7 Å². The van der Waals surface area contributed by atoms with Crippen LogP contribution in [0.1, 0.15) is 50.6 Å². The van der Waals surface area contributed by atoms with E-state index >= 15 is 0 Å². The molecule has 0 radical (unpaired) electrons. The lowest BCUT2D eigenvalue weighted by Gasteiger charge is -2.27. The standard InChI is InChI=1S/C14H23N3O4/c1-10(2)15(6-5-7-18)14(19)13-8-12(17(20)21)9-16(13)11(3)4/h8-11,18H,5-7H2,1-4H3. The largest absolute Gasteiger partial charge is 0.396 e. The molecule has 7 nitrogen and oxygen atoms in total. The van der Waals surface area contributed by atoms with E-state index in [1.807, 2.05) is 27.7 Å². The molecule has 0 bridgehead atoms. The summed E-state index contributed by atoms with van der Waals surface area (Å²) in [7, 11) is 0. The van der Waals surface area contributed by atoms with Crippen molar-refractivity contribution in [3.63, 3.8) is 0 Å². The van der Waals surface area contributed by atoms with Gasteiger partial charge in [0.2, 0.25) is 0 Å². The first kappa shape index (κ1) is 17.2. The van der Waals surface area contributed by atoms with E-state index < -0.39 is 4.92 Å². The Labute approximate surface area is 124 Å². The summed E-state index contributed by atoms with van der Waals surface area (Å²) in [6, 6.07) is 1.22. The van der Waals surface area contributed by atoms with Crippen LogP contribution in [0, 0.1) is 10.1 Å². The minimum atomic E-state index is -0.497. The molecule has 1 N–H and O–H groups in total. The van der Waals surface area contributed by atoms with Crippen LogP contribution in [0.4, 0.5) is 5.69 Å². The van der Waals surface area contributed by atoms with Gasteiger partial charge in [0.25, 0.3) is 11.6 Å². The smallest absolute Gasteiger partial charge is 0.287 e. The van der Waals surface area contributed by atoms with Crippen molar-refractivity contribution in [3.8, 4) is 0 Å². The molecule has 0 aliphatic heterocycles. The number of hydrogen-bond donors (Lipinski definition) is 1. The van der Waals surface area contributed by atoms with E-state index in [0.717, 1.165) is 0 Å². The Kier molecular flexibility index (Phi) is 5.90. The second kappa shape index (κ2) is 7.21. The fraction of sp³-hybridized carbons (Fsp3) is 0.643. The van der Waals surface area contributed by atoms with Crippen LogP contribution in [0.5, 0.6) is 0 Å². The minimum Gasteiger partial charge on any atom is -0.396 e. The molecular weight excluding hydrogens is 274 g/mol. The normalized spacial score (nSPS) is 11.2. The summed E-state index contributed by atoms with van der Waals surface area (Å²) in [5.41, 5.74) is 0.223. The number of rotatable bonds is 7. The molecule has 0 atom stereocenters. The van der Waals surface area contributed by atoms with Crippen molar-refractivity contribution in [1.82, 2.24) is 9.47 Å². The molecule has 0 unspecified atom stereocenters. The zero-order valence-electron chi connectivity index (χ0n) is 12.9. The molecule has 0 aliphatic rings. The molecule has 7 heteroatoms. The van der Waals surface area contributed by atoms with Crippen molar-refractivity contribution < 1.29 is 14.8 Å². The van der Waals surface area contributed by atoms with Gasteiger partial charge in [0, 0.05) is 31.3 Å². The monoisotopic (exact) mass is 297 g/mol. The van der Waals surface area contributed by atoms with Crippen molar-refractivity contribution in [2.24, 2.45) is 0 Å². The first-order valence-electron chi connectivity index (χ1n) is 7.07. The lowest BCUT2D eigenvalue weighted by Crippen LogP contribution is -2.39. The molecule has 1 rings (SSSR count). The highest BCUT2D eigenvalue weighted by Gasteiger charge is 2.26. The third-order valence-corrected chi connectivity index (χ3v) is 3.26. The lowest BCUT2D eigenvalue weighted by molar-refractivity contribution is -0.384. The Balaban J connectivity index is 3.16. The number of carbonyl (C=O) groups is 1. The van der Waals surface area contributed by atoms with Crippen LogP contribution >= 0.6 is 0 Å². The molecular formula is C14H23N3O4. The maximum atomic E-state index is 12.7. The fourth-order valence-electron chi connectivity index (χ4n) is 2.15. The molecule has 1 aromatic rings. The average Bonchev–Trinajstić information content (AvgIpc) is 2.83. The number of nitrogens with zero attached hydrogens (tertiary/aromatic N) is 3. The second-order valence-electron chi connectivity index (χ2n) is 5.51. The summed E-state index contributed by atoms with van der Waals surface area (Å²) in [5, 5.41) is 19.9. The molecule has 0 aliphatic carbocycles. The van der Waals surface area contributed by atoms with Crippen LogP contribution in [0.15, 0.2) is 12.3 Å². The van der Waals surface area contributed by atoms with Gasteiger partial charge in [-0.1, -0.05) is 0 Å². The predicted molar refractivity (Wildman–Crippen MR) is 79.3 cm³/mol. The third kappa shape index (κ3) is 4.04. The number of aromatic nitrogens is 1. The summed E-state index contributed by atoms with van der Waals surface area (Å²) in [6.45, 7) is 7.92. The van der Waals surface area contributed by atoms with Gasteiger partial charge in [-0.05, 0) is 34.1 Å². The van der Waals surface area contributed by atoms with Gasteiger partial charge < -0.3 is 14.6 Å². The van der Waals surface area contributed by atoms with E-state index in [4.69, 9.17) is 5.11 Å². The molecule has 0 aromatic carbocycles. The Morgan fingerprint density at radius 2 is 2.05 bits per heavy atom. The van der Waals surface area contributed by atoms with E-state index in [9.17, 15) is 14.9 Å². The van der Waals surface area contributed by atoms with Crippen LogP contribution in [0.25, 0.3) is 0 Å². The highest BCUT2D eigenvalue weighted by atomic mass is 16.6. The molecule has 0 saturated carbocycles. The highest BCUT2D eigenvalue weighted by molar-refractivity contribution is 5.93. The van der Waals surface area contributed by atoms with Gasteiger partial charge in [-0.2, -0.15) is 0 Å². The highest BCUT2D eigenvalue weighted by Crippen LogP contribution is 2.22. The van der Waals surface area contributed by atoms with Crippen molar-refractivity contribution in [3.05, 3.63) is 28.1 Å². The Bertz CT molecular complexity index is 508. The third-order valence-electron chi connectivity index (χ3n) is 3.26. The molecule has 1 aromatic heterocycles. The van der Waals surface area contributed by atoms with Crippen molar-refractivity contribution in [2.45, 2.75) is 46.2 Å².